The van der Waals surface area contributed by atoms with Crippen LogP contribution in [0.3, 0.4) is 0 Å². The monoisotopic (exact) mass is 541 g/mol. The third-order valence-corrected chi connectivity index (χ3v) is 5.55. The van der Waals surface area contributed by atoms with E-state index in [1.54, 1.807) is 24.9 Å². The summed E-state index contributed by atoms with van der Waals surface area (Å²) >= 11 is 11.3. The van der Waals surface area contributed by atoms with Gasteiger partial charge < -0.3 is 14.8 Å². The molecule has 1 atom stereocenters. The maximum absolute atomic E-state index is 13.0. The minimum Gasteiger partial charge on any atom is -0.489 e. The van der Waals surface area contributed by atoms with Crippen LogP contribution in [0, 0.1) is 6.92 Å². The second-order valence-corrected chi connectivity index (χ2v) is 8.43. The first-order valence-electron chi connectivity index (χ1n) is 10.5. The molecular formula is C25H24Cl2F3N3O3. The van der Waals surface area contributed by atoms with Crippen molar-refractivity contribution in [3.8, 4) is 5.75 Å². The van der Waals surface area contributed by atoms with Crippen molar-refractivity contribution in [2.45, 2.75) is 26.1 Å². The fraction of sp³-hybridized carbons (Fsp3) is 0.240. The van der Waals surface area contributed by atoms with Crippen LogP contribution in [0.1, 0.15) is 28.5 Å². The highest BCUT2D eigenvalue weighted by atomic mass is 35.5. The molecule has 0 bridgehead atoms. The minimum atomic E-state index is -4.36. The van der Waals surface area contributed by atoms with Crippen LogP contribution in [-0.4, -0.2) is 37.4 Å². The van der Waals surface area contributed by atoms with E-state index in [9.17, 15) is 18.0 Å². The molecule has 0 saturated carbocycles. The summed E-state index contributed by atoms with van der Waals surface area (Å²) in [5.41, 5.74) is 1.48. The summed E-state index contributed by atoms with van der Waals surface area (Å²) in [7, 11) is 1.74. The Morgan fingerprint density at radius 1 is 1.17 bits per heavy atom. The largest absolute Gasteiger partial charge is 0.489 e. The van der Waals surface area contributed by atoms with E-state index in [1.165, 1.54) is 18.3 Å². The lowest BCUT2D eigenvalue weighted by Crippen LogP contribution is -2.45. The summed E-state index contributed by atoms with van der Waals surface area (Å²) < 4.78 is 42.1. The van der Waals surface area contributed by atoms with Crippen molar-refractivity contribution >= 4 is 47.3 Å². The number of pyridine rings is 1. The highest BCUT2D eigenvalue weighted by Crippen LogP contribution is 2.36. The number of hydrogen-bond donors (Lipinski definition) is 1. The topological polar surface area (TPSA) is 71.5 Å². The van der Waals surface area contributed by atoms with Crippen molar-refractivity contribution < 1.29 is 27.5 Å². The van der Waals surface area contributed by atoms with E-state index in [1.807, 2.05) is 38.0 Å². The SMILES string of the molecule is C=O.CNc1cc(Cl)cnc1C(=O)N1c2ccccc2OCC1C.Cc1ccc(Cl)c(C(F)(F)F)c1. The van der Waals surface area contributed by atoms with Crippen LogP contribution in [0.2, 0.25) is 10.0 Å². The Morgan fingerprint density at radius 3 is 2.44 bits per heavy atom. The summed E-state index contributed by atoms with van der Waals surface area (Å²) in [5.74, 6) is 0.526. The Morgan fingerprint density at radius 2 is 1.83 bits per heavy atom. The van der Waals surface area contributed by atoms with Gasteiger partial charge in [-0.2, -0.15) is 13.2 Å². The number of ether oxygens (including phenoxy) is 1. The zero-order valence-electron chi connectivity index (χ0n) is 19.7. The number of fused-ring (bicyclic) bond motifs is 1. The van der Waals surface area contributed by atoms with Gasteiger partial charge in [0, 0.05) is 13.2 Å². The molecule has 1 unspecified atom stereocenters. The average molecular weight is 542 g/mol. The maximum Gasteiger partial charge on any atom is 0.417 e. The average Bonchev–Trinajstić information content (AvgIpc) is 2.86. The summed E-state index contributed by atoms with van der Waals surface area (Å²) in [5, 5.41) is 3.20. The maximum atomic E-state index is 13.0. The van der Waals surface area contributed by atoms with Gasteiger partial charge >= 0.3 is 6.18 Å². The molecule has 36 heavy (non-hydrogen) atoms. The Labute approximate surface area is 217 Å². The van der Waals surface area contributed by atoms with Gasteiger partial charge in [0.25, 0.3) is 5.91 Å². The molecule has 0 spiro atoms. The van der Waals surface area contributed by atoms with Gasteiger partial charge in [0.15, 0.2) is 5.69 Å². The van der Waals surface area contributed by atoms with Crippen molar-refractivity contribution in [3.05, 3.63) is 81.6 Å². The molecular weight excluding hydrogens is 518 g/mol. The number of benzene rings is 2. The van der Waals surface area contributed by atoms with Gasteiger partial charge in [-0.3, -0.25) is 9.69 Å². The third-order valence-electron chi connectivity index (χ3n) is 5.02. The van der Waals surface area contributed by atoms with Gasteiger partial charge in [-0.1, -0.05) is 47.0 Å². The van der Waals surface area contributed by atoms with Gasteiger partial charge in [0.05, 0.1) is 33.0 Å². The first-order valence-corrected chi connectivity index (χ1v) is 11.3. The molecule has 0 aliphatic carbocycles. The normalized spacial score (nSPS) is 14.2. The number of halogens is 5. The minimum absolute atomic E-state index is 0.0791. The van der Waals surface area contributed by atoms with Crippen LogP contribution in [0.25, 0.3) is 0 Å². The second kappa shape index (κ2) is 12.6. The lowest BCUT2D eigenvalue weighted by molar-refractivity contribution is -0.137. The van der Waals surface area contributed by atoms with Crippen LogP contribution in [0.15, 0.2) is 54.7 Å². The smallest absolute Gasteiger partial charge is 0.417 e. The summed E-state index contributed by atoms with van der Waals surface area (Å²) in [6, 6.07) is 12.9. The Hall–Kier alpha value is -3.30. The molecule has 0 radical (unpaired) electrons. The van der Waals surface area contributed by atoms with Crippen molar-refractivity contribution in [2.75, 3.05) is 23.9 Å². The molecule has 2 aromatic carbocycles. The first-order chi connectivity index (χ1) is 17.0. The standard InChI is InChI=1S/C16H16ClN3O2.C8H6ClF3.CH2O/c1-10-9-22-14-6-4-3-5-13(14)20(10)16(21)15-12(18-2)7-11(17)8-19-15;1-5-2-3-7(9)6(4-5)8(10,11)12;1-2/h3-8,10,18H,9H2,1-2H3;2-4H,1H3;1H2. The van der Waals surface area contributed by atoms with E-state index in [0.29, 0.717) is 34.3 Å². The van der Waals surface area contributed by atoms with E-state index in [2.05, 4.69) is 10.3 Å². The van der Waals surface area contributed by atoms with Crippen LogP contribution in [-0.2, 0) is 11.0 Å². The van der Waals surface area contributed by atoms with Crippen LogP contribution in [0.5, 0.6) is 5.75 Å². The molecule has 1 amide bonds. The van der Waals surface area contributed by atoms with Crippen molar-refractivity contribution in [1.29, 1.82) is 0 Å². The number of para-hydroxylation sites is 2. The van der Waals surface area contributed by atoms with Crippen LogP contribution < -0.4 is 15.0 Å². The molecule has 0 saturated heterocycles. The molecule has 4 rings (SSSR count). The number of rotatable bonds is 2. The number of amides is 1. The summed E-state index contributed by atoms with van der Waals surface area (Å²) in [6.07, 6.45) is -2.88. The lowest BCUT2D eigenvalue weighted by atomic mass is 10.1. The van der Waals surface area contributed by atoms with E-state index in [0.717, 1.165) is 11.8 Å². The number of nitrogens with one attached hydrogen (secondary N) is 1. The number of aromatic nitrogens is 1. The molecule has 1 aliphatic rings. The van der Waals surface area contributed by atoms with E-state index >= 15 is 0 Å². The predicted octanol–water partition coefficient (Wildman–Crippen LogP) is 6.69. The molecule has 1 aliphatic heterocycles. The Kier molecular flexibility index (Phi) is 10.1. The fourth-order valence-corrected chi connectivity index (χ4v) is 3.76. The zero-order valence-corrected chi connectivity index (χ0v) is 21.2. The quantitative estimate of drug-likeness (QED) is 0.391. The van der Waals surface area contributed by atoms with Gasteiger partial charge in [0.2, 0.25) is 0 Å². The molecule has 1 N–H and O–H groups in total. The molecule has 2 heterocycles. The van der Waals surface area contributed by atoms with Gasteiger partial charge in [-0.05, 0) is 44.2 Å². The molecule has 192 valence electrons. The van der Waals surface area contributed by atoms with Crippen LogP contribution >= 0.6 is 23.2 Å². The number of nitrogens with zero attached hydrogens (tertiary/aromatic N) is 2. The number of carbonyl (C=O) groups is 2. The van der Waals surface area contributed by atoms with Gasteiger partial charge in [-0.15, -0.1) is 0 Å². The van der Waals surface area contributed by atoms with E-state index in [-0.39, 0.29) is 17.0 Å². The number of hydrogen-bond acceptors (Lipinski definition) is 5. The number of carbonyl (C=O) groups excluding carboxylic acids is 2. The molecule has 3 aromatic rings. The molecule has 6 nitrogen and oxygen atoms in total. The highest BCUT2D eigenvalue weighted by molar-refractivity contribution is 6.31. The van der Waals surface area contributed by atoms with Gasteiger partial charge in [0.1, 0.15) is 19.1 Å². The van der Waals surface area contributed by atoms with Crippen molar-refractivity contribution in [2.24, 2.45) is 0 Å². The second-order valence-electron chi connectivity index (χ2n) is 7.58. The zero-order chi connectivity index (χ0) is 27.0. The van der Waals surface area contributed by atoms with E-state index < -0.39 is 11.7 Å². The van der Waals surface area contributed by atoms with Crippen molar-refractivity contribution in [1.82, 2.24) is 4.98 Å². The summed E-state index contributed by atoms with van der Waals surface area (Å²) in [4.78, 5) is 26.9. The number of aryl methyl sites for hydroxylation is 1. The number of anilines is 2. The molecule has 0 fully saturated rings. The molecule has 1 aromatic heterocycles. The highest BCUT2D eigenvalue weighted by Gasteiger charge is 2.33. The summed E-state index contributed by atoms with van der Waals surface area (Å²) in [6.45, 7) is 5.99. The van der Waals surface area contributed by atoms with Gasteiger partial charge in [-0.25, -0.2) is 4.98 Å². The van der Waals surface area contributed by atoms with E-state index in [4.69, 9.17) is 32.7 Å². The lowest BCUT2D eigenvalue weighted by Gasteiger charge is -2.35. The third kappa shape index (κ3) is 6.89. The predicted molar refractivity (Wildman–Crippen MR) is 135 cm³/mol. The number of alkyl halides is 3. The van der Waals surface area contributed by atoms with Crippen LogP contribution in [0.4, 0.5) is 24.5 Å². The molecule has 11 heteroatoms. The Bertz CT molecular complexity index is 1210. The first kappa shape index (κ1) is 28.9. The van der Waals surface area contributed by atoms with Crippen molar-refractivity contribution in [3.63, 3.8) is 0 Å². The Balaban J connectivity index is 0.000000277. The fourth-order valence-electron chi connectivity index (χ4n) is 3.38.